The van der Waals surface area contributed by atoms with Crippen LogP contribution in [-0.4, -0.2) is 49.4 Å². The smallest absolute Gasteiger partial charge is 0.152 e. The molecule has 1 aromatic heterocycles. The molecule has 0 saturated carbocycles. The maximum Gasteiger partial charge on any atom is 0.152 e. The fraction of sp³-hybridized carbons (Fsp3) is 0.667. The van der Waals surface area contributed by atoms with Crippen molar-refractivity contribution in [2.24, 2.45) is 5.92 Å². The topological polar surface area (TPSA) is 62.3 Å². The molecule has 0 aliphatic carbocycles. The zero-order valence-corrected chi connectivity index (χ0v) is 13.7. The van der Waals surface area contributed by atoms with Gasteiger partial charge in [0.05, 0.1) is 22.9 Å². The third-order valence-corrected chi connectivity index (χ3v) is 5.15. The van der Waals surface area contributed by atoms with Crippen LogP contribution in [0.3, 0.4) is 0 Å². The van der Waals surface area contributed by atoms with Crippen LogP contribution in [0.15, 0.2) is 18.2 Å². The van der Waals surface area contributed by atoms with E-state index in [1.54, 1.807) is 0 Å². The lowest BCUT2D eigenvalue weighted by Crippen LogP contribution is -2.39. The van der Waals surface area contributed by atoms with Gasteiger partial charge in [0, 0.05) is 26.2 Å². The van der Waals surface area contributed by atoms with E-state index in [0.717, 1.165) is 31.0 Å². The summed E-state index contributed by atoms with van der Waals surface area (Å²) in [6, 6.07) is 6.06. The first-order chi connectivity index (χ1) is 9.94. The molecule has 0 spiro atoms. The Labute approximate surface area is 127 Å². The highest BCUT2D eigenvalue weighted by Crippen LogP contribution is 2.09. The highest BCUT2D eigenvalue weighted by molar-refractivity contribution is 7.91. The summed E-state index contributed by atoms with van der Waals surface area (Å²) in [6.07, 6.45) is 0. The molecule has 0 unspecified atom stereocenters. The van der Waals surface area contributed by atoms with Crippen molar-refractivity contribution in [2.45, 2.75) is 26.9 Å². The highest BCUT2D eigenvalue weighted by atomic mass is 32.2. The second-order valence-corrected chi connectivity index (χ2v) is 8.38. The maximum atomic E-state index is 11.4. The molecule has 0 aromatic carbocycles. The third-order valence-electron chi connectivity index (χ3n) is 3.55. The van der Waals surface area contributed by atoms with Crippen LogP contribution >= 0.6 is 0 Å². The second-order valence-electron chi connectivity index (χ2n) is 6.07. The quantitative estimate of drug-likeness (QED) is 0.851. The Morgan fingerprint density at radius 3 is 2.57 bits per heavy atom. The first kappa shape index (κ1) is 16.4. The van der Waals surface area contributed by atoms with Crippen LogP contribution in [0.2, 0.25) is 0 Å². The molecule has 0 amide bonds. The first-order valence-corrected chi connectivity index (χ1v) is 9.35. The monoisotopic (exact) mass is 311 g/mol. The lowest BCUT2D eigenvalue weighted by atomic mass is 10.2. The number of nitrogens with one attached hydrogen (secondary N) is 1. The Morgan fingerprint density at radius 1 is 1.24 bits per heavy atom. The van der Waals surface area contributed by atoms with Crippen molar-refractivity contribution in [3.8, 4) is 0 Å². The van der Waals surface area contributed by atoms with Crippen molar-refractivity contribution in [3.05, 3.63) is 29.6 Å². The van der Waals surface area contributed by atoms with Crippen molar-refractivity contribution in [2.75, 3.05) is 31.1 Å². The Bertz CT molecular complexity index is 544. The molecule has 118 valence electrons. The van der Waals surface area contributed by atoms with Crippen LogP contribution in [0.5, 0.6) is 0 Å². The molecule has 1 aliphatic heterocycles. The highest BCUT2D eigenvalue weighted by Gasteiger charge is 2.21. The van der Waals surface area contributed by atoms with Crippen LogP contribution in [0.1, 0.15) is 25.2 Å². The van der Waals surface area contributed by atoms with Gasteiger partial charge in [-0.1, -0.05) is 19.9 Å². The Morgan fingerprint density at radius 2 is 1.90 bits per heavy atom. The molecule has 2 heterocycles. The average molecular weight is 311 g/mol. The van der Waals surface area contributed by atoms with Gasteiger partial charge in [-0.05, 0) is 24.6 Å². The molecule has 0 bridgehead atoms. The maximum absolute atomic E-state index is 11.4. The van der Waals surface area contributed by atoms with Gasteiger partial charge in [0.25, 0.3) is 0 Å². The molecular formula is C15H25N3O2S. The zero-order valence-electron chi connectivity index (χ0n) is 12.9. The van der Waals surface area contributed by atoms with Crippen LogP contribution in [-0.2, 0) is 22.9 Å². The van der Waals surface area contributed by atoms with Gasteiger partial charge in [0.1, 0.15) is 0 Å². The molecule has 5 nitrogen and oxygen atoms in total. The van der Waals surface area contributed by atoms with Crippen molar-refractivity contribution >= 4 is 9.84 Å². The van der Waals surface area contributed by atoms with Crippen LogP contribution in [0, 0.1) is 5.92 Å². The summed E-state index contributed by atoms with van der Waals surface area (Å²) in [5, 5.41) is 3.39. The predicted octanol–water partition coefficient (Wildman–Crippen LogP) is 1.06. The van der Waals surface area contributed by atoms with Gasteiger partial charge in [-0.25, -0.2) is 8.42 Å². The Hall–Kier alpha value is -0.980. The summed E-state index contributed by atoms with van der Waals surface area (Å²) in [5.74, 6) is 1.16. The van der Waals surface area contributed by atoms with Crippen LogP contribution in [0.25, 0.3) is 0 Å². The Balaban J connectivity index is 1.86. The molecule has 0 atom stereocenters. The van der Waals surface area contributed by atoms with Crippen molar-refractivity contribution < 1.29 is 8.42 Å². The molecule has 1 aromatic rings. The van der Waals surface area contributed by atoms with Crippen molar-refractivity contribution in [3.63, 3.8) is 0 Å². The van der Waals surface area contributed by atoms with Crippen LogP contribution < -0.4 is 5.32 Å². The fourth-order valence-electron chi connectivity index (χ4n) is 2.34. The van der Waals surface area contributed by atoms with E-state index in [1.807, 2.05) is 18.2 Å². The van der Waals surface area contributed by atoms with Crippen LogP contribution in [0.4, 0.5) is 0 Å². The summed E-state index contributed by atoms with van der Waals surface area (Å²) in [7, 11) is -2.81. The van der Waals surface area contributed by atoms with Gasteiger partial charge in [-0.15, -0.1) is 0 Å². The molecule has 0 radical (unpaired) electrons. The lowest BCUT2D eigenvalue weighted by Gasteiger charge is -2.26. The number of pyridine rings is 1. The summed E-state index contributed by atoms with van der Waals surface area (Å²) < 4.78 is 22.9. The molecule has 2 rings (SSSR count). The van der Waals surface area contributed by atoms with E-state index in [-0.39, 0.29) is 11.5 Å². The second kappa shape index (κ2) is 7.33. The third kappa shape index (κ3) is 5.73. The van der Waals surface area contributed by atoms with E-state index in [2.05, 4.69) is 29.0 Å². The van der Waals surface area contributed by atoms with E-state index >= 15 is 0 Å². The SMILES string of the molecule is CC(C)CNCc1cccc(CN2CCS(=O)(=O)CC2)n1. The lowest BCUT2D eigenvalue weighted by molar-refractivity contribution is 0.284. The number of hydrogen-bond acceptors (Lipinski definition) is 5. The van der Waals surface area contributed by atoms with Gasteiger partial charge in [0.2, 0.25) is 0 Å². The summed E-state index contributed by atoms with van der Waals surface area (Å²) in [6.45, 7) is 8.08. The minimum atomic E-state index is -2.81. The van der Waals surface area contributed by atoms with Gasteiger partial charge >= 0.3 is 0 Å². The largest absolute Gasteiger partial charge is 0.311 e. The summed E-state index contributed by atoms with van der Waals surface area (Å²) in [4.78, 5) is 6.81. The number of hydrogen-bond donors (Lipinski definition) is 1. The van der Waals surface area contributed by atoms with E-state index in [1.165, 1.54) is 0 Å². The van der Waals surface area contributed by atoms with Crippen molar-refractivity contribution in [1.82, 2.24) is 15.2 Å². The molecule has 6 heteroatoms. The zero-order chi connectivity index (χ0) is 15.3. The van der Waals surface area contributed by atoms with E-state index in [9.17, 15) is 8.42 Å². The molecule has 1 fully saturated rings. The van der Waals surface area contributed by atoms with E-state index < -0.39 is 9.84 Å². The number of sulfone groups is 1. The van der Waals surface area contributed by atoms with Crippen molar-refractivity contribution in [1.29, 1.82) is 0 Å². The number of rotatable bonds is 6. The number of nitrogens with zero attached hydrogens (tertiary/aromatic N) is 2. The van der Waals surface area contributed by atoms with Gasteiger partial charge in [0.15, 0.2) is 9.84 Å². The Kier molecular flexibility index (Phi) is 5.72. The standard InChI is InChI=1S/C15H25N3O2S/c1-13(2)10-16-11-14-4-3-5-15(17-14)12-18-6-8-21(19,20)9-7-18/h3-5,13,16H,6-12H2,1-2H3. The number of aromatic nitrogens is 1. The molecular weight excluding hydrogens is 286 g/mol. The average Bonchev–Trinajstić information content (AvgIpc) is 2.41. The molecule has 1 saturated heterocycles. The molecule has 1 N–H and O–H groups in total. The van der Waals surface area contributed by atoms with Gasteiger partial charge in [-0.2, -0.15) is 0 Å². The summed E-state index contributed by atoms with van der Waals surface area (Å²) in [5.41, 5.74) is 2.05. The first-order valence-electron chi connectivity index (χ1n) is 7.53. The van der Waals surface area contributed by atoms with E-state index in [4.69, 9.17) is 0 Å². The summed E-state index contributed by atoms with van der Waals surface area (Å²) >= 11 is 0. The fourth-order valence-corrected chi connectivity index (χ4v) is 3.62. The molecule has 21 heavy (non-hydrogen) atoms. The predicted molar refractivity (Wildman–Crippen MR) is 84.7 cm³/mol. The van der Waals surface area contributed by atoms with E-state index in [0.29, 0.717) is 19.0 Å². The van der Waals surface area contributed by atoms with Gasteiger partial charge < -0.3 is 5.32 Å². The normalized spacial score (nSPS) is 19.0. The minimum absolute atomic E-state index is 0.267. The van der Waals surface area contributed by atoms with Gasteiger partial charge in [-0.3, -0.25) is 9.88 Å². The minimum Gasteiger partial charge on any atom is -0.311 e. The molecule has 1 aliphatic rings.